The third-order valence-electron chi connectivity index (χ3n) is 3.95. The Bertz CT molecular complexity index is 340. The van der Waals surface area contributed by atoms with Gasteiger partial charge < -0.3 is 9.64 Å². The summed E-state index contributed by atoms with van der Waals surface area (Å²) in [7, 11) is 0. The van der Waals surface area contributed by atoms with Crippen molar-refractivity contribution in [3.8, 4) is 0 Å². The maximum Gasteiger partial charge on any atom is 0.228 e. The van der Waals surface area contributed by atoms with Crippen LogP contribution in [0.5, 0.6) is 0 Å². The quantitative estimate of drug-likeness (QED) is 0.628. The minimum atomic E-state index is -0.243. The van der Waals surface area contributed by atoms with Gasteiger partial charge in [-0.25, -0.2) is 4.84 Å². The van der Waals surface area contributed by atoms with Gasteiger partial charge in [-0.3, -0.25) is 4.79 Å². The van der Waals surface area contributed by atoms with Crippen LogP contribution in [0.1, 0.15) is 26.2 Å². The van der Waals surface area contributed by atoms with E-state index in [2.05, 4.69) is 17.8 Å². The Morgan fingerprint density at radius 3 is 2.83 bits per heavy atom. The van der Waals surface area contributed by atoms with Gasteiger partial charge in [-0.15, -0.1) is 0 Å². The number of nitrogens with one attached hydrogen (secondary N) is 1. The van der Waals surface area contributed by atoms with Crippen LogP contribution in [0, 0.1) is 5.41 Å². The molecule has 1 fully saturated rings. The van der Waals surface area contributed by atoms with Gasteiger partial charge in [-0.2, -0.15) is 0 Å². The average molecular weight is 273 g/mol. The Morgan fingerprint density at radius 1 is 1.56 bits per heavy atom. The molecule has 1 heterocycles. The molecule has 1 amide bonds. The standard InChI is InChI=1S/C13H21ClN2O2/c1-13(4-2-11(3-5-13)10-15-14)12(17)16-6-8-18-9-7-16/h2,15H,3-10H2,1H3. The van der Waals surface area contributed by atoms with Gasteiger partial charge in [-0.1, -0.05) is 18.6 Å². The Balaban J connectivity index is 1.97. The minimum absolute atomic E-state index is 0.243. The number of allylic oxidation sites excluding steroid dienone is 1. The molecule has 1 unspecified atom stereocenters. The maximum atomic E-state index is 12.5. The molecule has 102 valence electrons. The first-order valence-electron chi connectivity index (χ1n) is 6.54. The van der Waals surface area contributed by atoms with Crippen LogP contribution >= 0.6 is 11.8 Å². The summed E-state index contributed by atoms with van der Waals surface area (Å²) in [6.07, 6.45) is 4.84. The average Bonchev–Trinajstić information content (AvgIpc) is 2.42. The lowest BCUT2D eigenvalue weighted by atomic mass is 9.75. The van der Waals surface area contributed by atoms with E-state index in [-0.39, 0.29) is 11.3 Å². The number of carbonyl (C=O) groups is 1. The van der Waals surface area contributed by atoms with Crippen LogP contribution in [0.25, 0.3) is 0 Å². The molecule has 0 aromatic heterocycles. The first-order valence-corrected chi connectivity index (χ1v) is 6.92. The molecule has 0 bridgehead atoms. The largest absolute Gasteiger partial charge is 0.378 e. The lowest BCUT2D eigenvalue weighted by Gasteiger charge is -2.38. The highest BCUT2D eigenvalue weighted by Gasteiger charge is 2.37. The van der Waals surface area contributed by atoms with Gasteiger partial charge in [0.1, 0.15) is 0 Å². The van der Waals surface area contributed by atoms with E-state index in [1.54, 1.807) is 0 Å². The molecular formula is C13H21ClN2O2. The van der Waals surface area contributed by atoms with Gasteiger partial charge in [0.05, 0.1) is 18.6 Å². The number of ether oxygens (including phenoxy) is 1. The SMILES string of the molecule is CC1(C(=O)N2CCOCC2)CC=C(CNCl)CC1. The molecule has 1 saturated heterocycles. The summed E-state index contributed by atoms with van der Waals surface area (Å²) in [5.74, 6) is 0.278. The fourth-order valence-electron chi connectivity index (χ4n) is 2.60. The van der Waals surface area contributed by atoms with Gasteiger partial charge in [0.25, 0.3) is 0 Å². The third kappa shape index (κ3) is 3.05. The molecular weight excluding hydrogens is 252 g/mol. The maximum absolute atomic E-state index is 12.5. The predicted molar refractivity (Wildman–Crippen MR) is 71.3 cm³/mol. The molecule has 2 rings (SSSR count). The van der Waals surface area contributed by atoms with E-state index < -0.39 is 0 Å². The predicted octanol–water partition coefficient (Wildman–Crippen LogP) is 1.71. The monoisotopic (exact) mass is 272 g/mol. The first-order chi connectivity index (χ1) is 8.65. The van der Waals surface area contributed by atoms with E-state index in [9.17, 15) is 4.79 Å². The molecule has 0 spiro atoms. The molecule has 1 aliphatic heterocycles. The molecule has 4 nitrogen and oxygen atoms in total. The van der Waals surface area contributed by atoms with Crippen molar-refractivity contribution in [3.63, 3.8) is 0 Å². The zero-order valence-electron chi connectivity index (χ0n) is 10.9. The number of morpholine rings is 1. The van der Waals surface area contributed by atoms with Crippen molar-refractivity contribution in [1.29, 1.82) is 0 Å². The fourth-order valence-corrected chi connectivity index (χ4v) is 2.77. The highest BCUT2D eigenvalue weighted by atomic mass is 35.5. The fraction of sp³-hybridized carbons (Fsp3) is 0.769. The van der Waals surface area contributed by atoms with Crippen molar-refractivity contribution in [3.05, 3.63) is 11.6 Å². The number of hydrogen-bond acceptors (Lipinski definition) is 3. The van der Waals surface area contributed by atoms with Gasteiger partial charge in [-0.05, 0) is 31.0 Å². The normalized spacial score (nSPS) is 29.0. The lowest BCUT2D eigenvalue weighted by Crippen LogP contribution is -2.48. The molecule has 1 N–H and O–H groups in total. The Labute approximate surface area is 113 Å². The minimum Gasteiger partial charge on any atom is -0.378 e. The number of carbonyl (C=O) groups excluding carboxylic acids is 1. The van der Waals surface area contributed by atoms with Gasteiger partial charge in [0.2, 0.25) is 5.91 Å². The summed E-state index contributed by atoms with van der Waals surface area (Å²) in [5.41, 5.74) is 1.06. The Hall–Kier alpha value is -0.580. The molecule has 0 aromatic carbocycles. The molecule has 0 aromatic rings. The molecule has 1 aliphatic carbocycles. The zero-order valence-corrected chi connectivity index (χ0v) is 11.6. The van der Waals surface area contributed by atoms with Crippen molar-refractivity contribution >= 4 is 17.7 Å². The summed E-state index contributed by atoms with van der Waals surface area (Å²) in [5, 5.41) is 0. The first kappa shape index (κ1) is 13.8. The highest BCUT2D eigenvalue weighted by Crippen LogP contribution is 2.36. The Morgan fingerprint density at radius 2 is 2.28 bits per heavy atom. The summed E-state index contributed by atoms with van der Waals surface area (Å²) in [6.45, 7) is 5.58. The number of halogens is 1. The second-order valence-corrected chi connectivity index (χ2v) is 5.61. The molecule has 18 heavy (non-hydrogen) atoms. The van der Waals surface area contributed by atoms with Crippen molar-refractivity contribution in [2.75, 3.05) is 32.8 Å². The molecule has 2 aliphatic rings. The van der Waals surface area contributed by atoms with Crippen LogP contribution < -0.4 is 4.84 Å². The van der Waals surface area contributed by atoms with Gasteiger partial charge >= 0.3 is 0 Å². The zero-order chi connectivity index (χ0) is 13.0. The second kappa shape index (κ2) is 6.04. The summed E-state index contributed by atoms with van der Waals surface area (Å²) in [6, 6.07) is 0. The van der Waals surface area contributed by atoms with E-state index in [1.807, 2.05) is 4.90 Å². The second-order valence-electron chi connectivity index (χ2n) is 5.34. The molecule has 1 atom stereocenters. The van der Waals surface area contributed by atoms with E-state index in [0.29, 0.717) is 19.8 Å². The highest BCUT2D eigenvalue weighted by molar-refractivity contribution is 6.13. The van der Waals surface area contributed by atoms with Crippen LogP contribution in [0.4, 0.5) is 0 Å². The number of amides is 1. The molecule has 0 radical (unpaired) electrons. The Kier molecular flexibility index (Phi) is 4.65. The van der Waals surface area contributed by atoms with Crippen molar-refractivity contribution in [2.45, 2.75) is 26.2 Å². The number of hydrogen-bond donors (Lipinski definition) is 1. The van der Waals surface area contributed by atoms with Crippen LogP contribution in [-0.2, 0) is 9.53 Å². The summed E-state index contributed by atoms with van der Waals surface area (Å²) in [4.78, 5) is 17.1. The van der Waals surface area contributed by atoms with Crippen LogP contribution in [0.3, 0.4) is 0 Å². The van der Waals surface area contributed by atoms with E-state index in [1.165, 1.54) is 5.57 Å². The number of nitrogens with zero attached hydrogens (tertiary/aromatic N) is 1. The van der Waals surface area contributed by atoms with Crippen LogP contribution in [0.2, 0.25) is 0 Å². The van der Waals surface area contributed by atoms with Crippen LogP contribution in [-0.4, -0.2) is 43.7 Å². The molecule has 5 heteroatoms. The van der Waals surface area contributed by atoms with Crippen molar-refractivity contribution < 1.29 is 9.53 Å². The third-order valence-corrected chi connectivity index (χ3v) is 4.08. The summed E-state index contributed by atoms with van der Waals surface area (Å²) >= 11 is 5.51. The van der Waals surface area contributed by atoms with Gasteiger partial charge in [0, 0.05) is 19.6 Å². The van der Waals surface area contributed by atoms with E-state index in [0.717, 1.165) is 32.4 Å². The van der Waals surface area contributed by atoms with Crippen molar-refractivity contribution in [1.82, 2.24) is 9.74 Å². The van der Waals surface area contributed by atoms with E-state index in [4.69, 9.17) is 16.5 Å². The smallest absolute Gasteiger partial charge is 0.228 e. The van der Waals surface area contributed by atoms with Crippen LogP contribution in [0.15, 0.2) is 11.6 Å². The van der Waals surface area contributed by atoms with Crippen molar-refractivity contribution in [2.24, 2.45) is 5.41 Å². The van der Waals surface area contributed by atoms with Gasteiger partial charge in [0.15, 0.2) is 0 Å². The summed E-state index contributed by atoms with van der Waals surface area (Å²) < 4.78 is 5.29. The lowest BCUT2D eigenvalue weighted by molar-refractivity contribution is -0.145. The van der Waals surface area contributed by atoms with E-state index >= 15 is 0 Å². The number of rotatable bonds is 3. The topological polar surface area (TPSA) is 41.6 Å². The molecule has 0 saturated carbocycles.